The van der Waals surface area contributed by atoms with Crippen LogP contribution in [0, 0.1) is 11.8 Å². The first-order valence-corrected chi connectivity index (χ1v) is 14.6. The number of hydrogen-bond acceptors (Lipinski definition) is 5. The van der Waals surface area contributed by atoms with Crippen LogP contribution in [0.1, 0.15) is 51.0 Å². The van der Waals surface area contributed by atoms with E-state index in [1.165, 1.54) is 0 Å². The summed E-state index contributed by atoms with van der Waals surface area (Å²) in [5, 5.41) is 15.2. The van der Waals surface area contributed by atoms with Crippen molar-refractivity contribution < 1.29 is 19.5 Å². The van der Waals surface area contributed by atoms with E-state index < -0.39 is 22.6 Å². The zero-order valence-corrected chi connectivity index (χ0v) is 22.7. The van der Waals surface area contributed by atoms with Crippen molar-refractivity contribution in [3.8, 4) is 0 Å². The molecule has 0 aromatic heterocycles. The summed E-state index contributed by atoms with van der Waals surface area (Å²) in [6.45, 7) is 3.68. The van der Waals surface area contributed by atoms with Crippen LogP contribution in [0.3, 0.4) is 0 Å². The zero-order valence-electron chi connectivity index (χ0n) is 20.2. The summed E-state index contributed by atoms with van der Waals surface area (Å²) >= 11 is 5.47. The van der Waals surface area contributed by atoms with E-state index in [-0.39, 0.29) is 34.4 Å². The third kappa shape index (κ3) is 5.14. The van der Waals surface area contributed by atoms with Crippen molar-refractivity contribution in [1.29, 1.82) is 0 Å². The summed E-state index contributed by atoms with van der Waals surface area (Å²) in [6, 6.07) is 9.18. The molecule has 2 bridgehead atoms. The fourth-order valence-corrected chi connectivity index (χ4v) is 9.54. The Morgan fingerprint density at radius 3 is 2.63 bits per heavy atom. The summed E-state index contributed by atoms with van der Waals surface area (Å²) in [6.07, 6.45) is 4.76. The third-order valence-electron chi connectivity index (χ3n) is 7.54. The predicted molar refractivity (Wildman–Crippen MR) is 141 cm³/mol. The highest BCUT2D eigenvalue weighted by Crippen LogP contribution is 2.67. The van der Waals surface area contributed by atoms with E-state index >= 15 is 0 Å². The number of nitrogens with zero attached hydrogens (tertiary/aromatic N) is 1. The standard InChI is InChI=1S/C26H36BrN3O4S/c1-2-3-12-28-24(33)22-26-15-18(27)21(35-26)19(23(32)29-16-17-10-6-4-7-11-17)20(26)25(34)30(22)13-8-5-9-14-31/h4,6-7,10-11,18-22,31H,2-3,5,8-9,12-16H2,1H3,(H,28,33)(H,29,32)/t18?,19-,20+,21-,22?,26?/m1/s1. The maximum Gasteiger partial charge on any atom is 0.244 e. The molecule has 3 unspecified atom stereocenters. The molecule has 192 valence electrons. The van der Waals surface area contributed by atoms with E-state index in [9.17, 15) is 14.4 Å². The number of nitrogens with one attached hydrogen (secondary N) is 2. The lowest BCUT2D eigenvalue weighted by atomic mass is 9.70. The van der Waals surface area contributed by atoms with Gasteiger partial charge in [-0.2, -0.15) is 0 Å². The van der Waals surface area contributed by atoms with Gasteiger partial charge in [-0.05, 0) is 37.7 Å². The quantitative estimate of drug-likeness (QED) is 0.267. The minimum Gasteiger partial charge on any atom is -0.396 e. The van der Waals surface area contributed by atoms with Gasteiger partial charge in [-0.15, -0.1) is 11.8 Å². The van der Waals surface area contributed by atoms with Crippen LogP contribution in [-0.2, 0) is 20.9 Å². The molecule has 4 rings (SSSR count). The largest absolute Gasteiger partial charge is 0.396 e. The number of unbranched alkanes of at least 4 members (excludes halogenated alkanes) is 3. The first-order valence-electron chi connectivity index (χ1n) is 12.8. The number of alkyl halides is 1. The van der Waals surface area contributed by atoms with E-state index in [2.05, 4.69) is 33.5 Å². The second kappa shape index (κ2) is 11.6. The number of fused-ring (bicyclic) bond motifs is 1. The Kier molecular flexibility index (Phi) is 8.81. The Balaban J connectivity index is 1.57. The van der Waals surface area contributed by atoms with Crippen LogP contribution in [-0.4, -0.2) is 68.3 Å². The minimum atomic E-state index is -0.599. The van der Waals surface area contributed by atoms with Crippen molar-refractivity contribution in [2.45, 2.75) is 72.9 Å². The fraction of sp³-hybridized carbons (Fsp3) is 0.654. The molecule has 3 aliphatic heterocycles. The van der Waals surface area contributed by atoms with Gasteiger partial charge in [0, 0.05) is 36.3 Å². The number of rotatable bonds is 12. The molecule has 3 N–H and O–H groups in total. The van der Waals surface area contributed by atoms with Crippen LogP contribution >= 0.6 is 27.7 Å². The van der Waals surface area contributed by atoms with Gasteiger partial charge in [0.15, 0.2) is 0 Å². The number of hydrogen-bond donors (Lipinski definition) is 3. The molecule has 6 atom stereocenters. The van der Waals surface area contributed by atoms with Gasteiger partial charge < -0.3 is 20.6 Å². The average Bonchev–Trinajstić information content (AvgIpc) is 3.44. The summed E-state index contributed by atoms with van der Waals surface area (Å²) in [5.41, 5.74) is 1.01. The van der Waals surface area contributed by atoms with Gasteiger partial charge in [0.2, 0.25) is 17.7 Å². The second-order valence-electron chi connectivity index (χ2n) is 9.83. The molecule has 1 aromatic carbocycles. The molecule has 0 radical (unpaired) electrons. The molecule has 3 amide bonds. The highest BCUT2D eigenvalue weighted by atomic mass is 79.9. The van der Waals surface area contributed by atoms with Gasteiger partial charge in [0.25, 0.3) is 0 Å². The Labute approximate surface area is 220 Å². The van der Waals surface area contributed by atoms with Crippen molar-refractivity contribution in [3.05, 3.63) is 35.9 Å². The molecule has 3 saturated heterocycles. The Morgan fingerprint density at radius 2 is 1.91 bits per heavy atom. The maximum absolute atomic E-state index is 13.9. The molecule has 3 heterocycles. The Morgan fingerprint density at radius 1 is 1.14 bits per heavy atom. The van der Waals surface area contributed by atoms with Gasteiger partial charge in [0.1, 0.15) is 6.04 Å². The Bertz CT molecular complexity index is 919. The molecule has 9 heteroatoms. The van der Waals surface area contributed by atoms with E-state index in [4.69, 9.17) is 5.11 Å². The number of carbonyl (C=O) groups excluding carboxylic acids is 3. The number of aliphatic hydroxyl groups excluding tert-OH is 1. The van der Waals surface area contributed by atoms with Crippen molar-refractivity contribution in [2.75, 3.05) is 19.7 Å². The number of amides is 3. The molecule has 35 heavy (non-hydrogen) atoms. The summed E-state index contributed by atoms with van der Waals surface area (Å²) in [5.74, 6) is -1.25. The van der Waals surface area contributed by atoms with Gasteiger partial charge in [-0.3, -0.25) is 14.4 Å². The lowest BCUT2D eigenvalue weighted by Crippen LogP contribution is -2.54. The number of aliphatic hydroxyl groups is 1. The normalized spacial score (nSPS) is 31.0. The van der Waals surface area contributed by atoms with Gasteiger partial charge in [-0.1, -0.05) is 59.6 Å². The number of thioether (sulfide) groups is 1. The lowest BCUT2D eigenvalue weighted by Gasteiger charge is -2.35. The molecular formula is C26H36BrN3O4S. The van der Waals surface area contributed by atoms with Crippen LogP contribution < -0.4 is 10.6 Å². The van der Waals surface area contributed by atoms with Gasteiger partial charge >= 0.3 is 0 Å². The average molecular weight is 567 g/mol. The molecule has 0 saturated carbocycles. The molecule has 3 fully saturated rings. The van der Waals surface area contributed by atoms with Crippen molar-refractivity contribution >= 4 is 45.4 Å². The summed E-state index contributed by atoms with van der Waals surface area (Å²) in [4.78, 5) is 42.7. The van der Waals surface area contributed by atoms with Crippen molar-refractivity contribution in [1.82, 2.24) is 15.5 Å². The van der Waals surface area contributed by atoms with Gasteiger partial charge in [0.05, 0.1) is 16.6 Å². The van der Waals surface area contributed by atoms with E-state index in [0.29, 0.717) is 32.5 Å². The topological polar surface area (TPSA) is 98.7 Å². The number of likely N-dealkylation sites (tertiary alicyclic amines) is 1. The summed E-state index contributed by atoms with van der Waals surface area (Å²) < 4.78 is -0.599. The molecule has 3 aliphatic rings. The smallest absolute Gasteiger partial charge is 0.244 e. The van der Waals surface area contributed by atoms with E-state index in [1.54, 1.807) is 16.7 Å². The van der Waals surface area contributed by atoms with Crippen LogP contribution in [0.2, 0.25) is 0 Å². The first kappa shape index (κ1) is 26.5. The van der Waals surface area contributed by atoms with Crippen LogP contribution in [0.15, 0.2) is 30.3 Å². The van der Waals surface area contributed by atoms with Crippen molar-refractivity contribution in [2.24, 2.45) is 11.8 Å². The molecule has 1 aromatic rings. The van der Waals surface area contributed by atoms with Crippen LogP contribution in [0.5, 0.6) is 0 Å². The summed E-state index contributed by atoms with van der Waals surface area (Å²) in [7, 11) is 0. The van der Waals surface area contributed by atoms with E-state index in [1.807, 2.05) is 30.3 Å². The van der Waals surface area contributed by atoms with Crippen LogP contribution in [0.25, 0.3) is 0 Å². The molecule has 1 spiro atoms. The monoisotopic (exact) mass is 565 g/mol. The molecular weight excluding hydrogens is 530 g/mol. The third-order valence-corrected chi connectivity index (χ3v) is 10.8. The number of halogens is 1. The lowest BCUT2D eigenvalue weighted by molar-refractivity contribution is -0.140. The zero-order chi connectivity index (χ0) is 25.0. The maximum atomic E-state index is 13.9. The highest BCUT2D eigenvalue weighted by molar-refractivity contribution is 9.09. The van der Waals surface area contributed by atoms with Crippen LogP contribution in [0.4, 0.5) is 0 Å². The van der Waals surface area contributed by atoms with E-state index in [0.717, 1.165) is 31.2 Å². The minimum absolute atomic E-state index is 0.0396. The molecule has 7 nitrogen and oxygen atoms in total. The van der Waals surface area contributed by atoms with Crippen molar-refractivity contribution in [3.63, 3.8) is 0 Å². The first-order chi connectivity index (χ1) is 16.9. The number of benzene rings is 1. The fourth-order valence-electron chi connectivity index (χ4n) is 5.93. The second-order valence-corrected chi connectivity index (χ2v) is 12.5. The SMILES string of the molecule is CCCCNC(=O)C1N(CCCCCO)C(=O)[C@@H]2[C@@H](C(=O)NCc3ccccc3)[C@@H]3SC12CC3Br. The highest BCUT2D eigenvalue weighted by Gasteiger charge is 2.75. The van der Waals surface area contributed by atoms with Gasteiger partial charge in [-0.25, -0.2) is 0 Å². The molecule has 0 aliphatic carbocycles. The number of carbonyl (C=O) groups is 3. The Hall–Kier alpha value is -1.58. The predicted octanol–water partition coefficient (Wildman–Crippen LogP) is 2.85.